The van der Waals surface area contributed by atoms with Gasteiger partial charge in [0.2, 0.25) is 0 Å². The summed E-state index contributed by atoms with van der Waals surface area (Å²) in [6.07, 6.45) is 0. The first-order valence-electron chi connectivity index (χ1n) is 5.16. The van der Waals surface area contributed by atoms with Gasteiger partial charge in [0.25, 0.3) is 0 Å². The van der Waals surface area contributed by atoms with Crippen LogP contribution in [0.1, 0.15) is 0 Å². The number of nitrogens with one attached hydrogen (secondary N) is 2. The van der Waals surface area contributed by atoms with Crippen LogP contribution in [0.25, 0.3) is 11.0 Å². The molecule has 90 valence electrons. The first-order chi connectivity index (χ1) is 8.20. The van der Waals surface area contributed by atoms with E-state index >= 15 is 0 Å². The van der Waals surface area contributed by atoms with Crippen LogP contribution < -0.4 is 10.6 Å². The van der Waals surface area contributed by atoms with E-state index in [9.17, 15) is 4.79 Å². The predicted molar refractivity (Wildman–Crippen MR) is 62.6 cm³/mol. The van der Waals surface area contributed by atoms with E-state index in [1.165, 1.54) is 0 Å². The first kappa shape index (κ1) is 11.3. The van der Waals surface area contributed by atoms with E-state index in [4.69, 9.17) is 5.11 Å². The monoisotopic (exact) mass is 235 g/mol. The molecule has 1 heterocycles. The molecule has 3 N–H and O–H groups in total. The molecule has 7 heteroatoms. The van der Waals surface area contributed by atoms with Crippen molar-refractivity contribution in [2.75, 3.05) is 18.5 Å². The molecule has 7 nitrogen and oxygen atoms in total. The summed E-state index contributed by atoms with van der Waals surface area (Å²) in [5.74, 6) is 0. The maximum atomic E-state index is 11.3. The van der Waals surface area contributed by atoms with Gasteiger partial charge >= 0.3 is 6.03 Å². The lowest BCUT2D eigenvalue weighted by atomic mass is 10.3. The molecule has 0 aliphatic heterocycles. The van der Waals surface area contributed by atoms with Gasteiger partial charge in [-0.05, 0) is 18.2 Å². The molecule has 0 saturated carbocycles. The molecule has 0 spiro atoms. The van der Waals surface area contributed by atoms with Crippen molar-refractivity contribution in [2.24, 2.45) is 7.05 Å². The van der Waals surface area contributed by atoms with E-state index in [1.54, 1.807) is 23.9 Å². The van der Waals surface area contributed by atoms with E-state index in [0.29, 0.717) is 11.2 Å². The summed E-state index contributed by atoms with van der Waals surface area (Å²) in [5.41, 5.74) is 2.24. The number of anilines is 1. The number of amides is 2. The SMILES string of the molecule is Cn1nnc2cc(NC(=O)NCCO)ccc21. The Morgan fingerprint density at radius 3 is 3.12 bits per heavy atom. The predicted octanol–water partition coefficient (Wildman–Crippen LogP) is 0.0821. The number of aliphatic hydroxyl groups excluding tert-OH is 1. The third-order valence-corrected chi connectivity index (χ3v) is 2.27. The maximum Gasteiger partial charge on any atom is 0.319 e. The summed E-state index contributed by atoms with van der Waals surface area (Å²) >= 11 is 0. The Morgan fingerprint density at radius 1 is 1.53 bits per heavy atom. The zero-order valence-corrected chi connectivity index (χ0v) is 9.34. The van der Waals surface area contributed by atoms with E-state index in [2.05, 4.69) is 20.9 Å². The van der Waals surface area contributed by atoms with Gasteiger partial charge in [-0.15, -0.1) is 5.10 Å². The van der Waals surface area contributed by atoms with Crippen molar-refractivity contribution in [3.05, 3.63) is 18.2 Å². The largest absolute Gasteiger partial charge is 0.395 e. The average Bonchev–Trinajstić information content (AvgIpc) is 2.68. The fourth-order valence-corrected chi connectivity index (χ4v) is 1.46. The van der Waals surface area contributed by atoms with Crippen LogP contribution in [-0.4, -0.2) is 39.3 Å². The summed E-state index contributed by atoms with van der Waals surface area (Å²) in [6.45, 7) is 0.135. The smallest absolute Gasteiger partial charge is 0.319 e. The Hall–Kier alpha value is -2.15. The average molecular weight is 235 g/mol. The summed E-state index contributed by atoms with van der Waals surface area (Å²) < 4.78 is 1.66. The number of aliphatic hydroxyl groups is 1. The standard InChI is InChI=1S/C10H13N5O2/c1-15-9-3-2-7(6-8(9)13-14-15)12-10(17)11-4-5-16/h2-3,6,16H,4-5H2,1H3,(H2,11,12,17). The zero-order chi connectivity index (χ0) is 12.3. The van der Waals surface area contributed by atoms with Crippen molar-refractivity contribution < 1.29 is 9.90 Å². The molecular weight excluding hydrogens is 222 g/mol. The molecule has 0 bridgehead atoms. The first-order valence-corrected chi connectivity index (χ1v) is 5.16. The Bertz CT molecular complexity index is 536. The third-order valence-electron chi connectivity index (χ3n) is 2.27. The second-order valence-corrected chi connectivity index (χ2v) is 3.52. The molecule has 2 amide bonds. The van der Waals surface area contributed by atoms with E-state index in [1.807, 2.05) is 6.07 Å². The molecule has 17 heavy (non-hydrogen) atoms. The van der Waals surface area contributed by atoms with Crippen LogP contribution in [0.5, 0.6) is 0 Å². The van der Waals surface area contributed by atoms with Crippen LogP contribution in [-0.2, 0) is 7.05 Å². The van der Waals surface area contributed by atoms with Gasteiger partial charge in [0.15, 0.2) is 0 Å². The number of fused-ring (bicyclic) bond motifs is 1. The van der Waals surface area contributed by atoms with Crippen molar-refractivity contribution in [1.29, 1.82) is 0 Å². The number of urea groups is 1. The molecule has 2 rings (SSSR count). The van der Waals surface area contributed by atoms with Crippen LogP contribution >= 0.6 is 0 Å². The van der Waals surface area contributed by atoms with E-state index in [0.717, 1.165) is 5.52 Å². The molecule has 1 aromatic heterocycles. The van der Waals surface area contributed by atoms with Crippen LogP contribution in [0.3, 0.4) is 0 Å². The summed E-state index contributed by atoms with van der Waals surface area (Å²) in [7, 11) is 1.80. The van der Waals surface area contributed by atoms with Crippen LogP contribution in [0.15, 0.2) is 18.2 Å². The normalized spacial score (nSPS) is 10.5. The number of aryl methyl sites for hydroxylation is 1. The van der Waals surface area contributed by atoms with Gasteiger partial charge in [-0.3, -0.25) is 0 Å². The fraction of sp³-hybridized carbons (Fsp3) is 0.300. The fourth-order valence-electron chi connectivity index (χ4n) is 1.46. The highest BCUT2D eigenvalue weighted by atomic mass is 16.3. The number of hydrogen-bond donors (Lipinski definition) is 3. The van der Waals surface area contributed by atoms with Crippen molar-refractivity contribution >= 4 is 22.8 Å². The number of carbonyl (C=O) groups excluding carboxylic acids is 1. The number of rotatable bonds is 3. The Balaban J connectivity index is 2.11. The molecule has 2 aromatic rings. The van der Waals surface area contributed by atoms with E-state index < -0.39 is 0 Å². The van der Waals surface area contributed by atoms with Gasteiger partial charge in [-0.2, -0.15) is 0 Å². The molecule has 0 saturated heterocycles. The Labute approximate surface area is 97.4 Å². The molecule has 0 radical (unpaired) electrons. The lowest BCUT2D eigenvalue weighted by molar-refractivity contribution is 0.245. The minimum absolute atomic E-state index is 0.0867. The highest BCUT2D eigenvalue weighted by Gasteiger charge is 2.04. The molecular formula is C10H13N5O2. The molecule has 0 fully saturated rings. The van der Waals surface area contributed by atoms with Gasteiger partial charge < -0.3 is 15.7 Å². The third kappa shape index (κ3) is 2.51. The summed E-state index contributed by atoms with van der Waals surface area (Å²) in [4.78, 5) is 11.3. The van der Waals surface area contributed by atoms with Gasteiger partial charge in [0.1, 0.15) is 5.52 Å². The summed E-state index contributed by atoms with van der Waals surface area (Å²) in [6, 6.07) is 4.98. The Morgan fingerprint density at radius 2 is 2.35 bits per heavy atom. The lowest BCUT2D eigenvalue weighted by Gasteiger charge is -2.05. The Kier molecular flexibility index (Phi) is 3.20. The van der Waals surface area contributed by atoms with Crippen molar-refractivity contribution in [3.8, 4) is 0 Å². The maximum absolute atomic E-state index is 11.3. The molecule has 1 aromatic carbocycles. The zero-order valence-electron chi connectivity index (χ0n) is 9.34. The van der Waals surface area contributed by atoms with Crippen molar-refractivity contribution in [3.63, 3.8) is 0 Å². The van der Waals surface area contributed by atoms with Crippen LogP contribution in [0.4, 0.5) is 10.5 Å². The molecule has 0 aliphatic carbocycles. The number of carbonyl (C=O) groups is 1. The van der Waals surface area contributed by atoms with Gasteiger partial charge in [-0.1, -0.05) is 5.21 Å². The second kappa shape index (κ2) is 4.79. The minimum Gasteiger partial charge on any atom is -0.395 e. The molecule has 0 unspecified atom stereocenters. The van der Waals surface area contributed by atoms with Gasteiger partial charge in [0, 0.05) is 19.3 Å². The van der Waals surface area contributed by atoms with Crippen LogP contribution in [0.2, 0.25) is 0 Å². The van der Waals surface area contributed by atoms with Crippen molar-refractivity contribution in [1.82, 2.24) is 20.3 Å². The number of nitrogens with zero attached hydrogens (tertiary/aromatic N) is 3. The highest BCUT2D eigenvalue weighted by molar-refractivity contribution is 5.91. The van der Waals surface area contributed by atoms with Gasteiger partial charge in [0.05, 0.1) is 12.1 Å². The van der Waals surface area contributed by atoms with Crippen molar-refractivity contribution in [2.45, 2.75) is 0 Å². The molecule has 0 aliphatic rings. The molecule has 0 atom stereocenters. The number of benzene rings is 1. The minimum atomic E-state index is -0.359. The van der Waals surface area contributed by atoms with E-state index in [-0.39, 0.29) is 19.2 Å². The number of aromatic nitrogens is 3. The lowest BCUT2D eigenvalue weighted by Crippen LogP contribution is -2.30. The topological polar surface area (TPSA) is 92.1 Å². The summed E-state index contributed by atoms with van der Waals surface area (Å²) in [5, 5.41) is 21.5. The second-order valence-electron chi connectivity index (χ2n) is 3.52. The highest BCUT2D eigenvalue weighted by Crippen LogP contribution is 2.15. The number of hydrogen-bond acceptors (Lipinski definition) is 4. The quantitative estimate of drug-likeness (QED) is 0.702. The van der Waals surface area contributed by atoms with Gasteiger partial charge in [-0.25, -0.2) is 9.48 Å². The van der Waals surface area contributed by atoms with Crippen LogP contribution in [0, 0.1) is 0 Å².